The molecule has 0 spiro atoms. The zero-order valence-corrected chi connectivity index (χ0v) is 11.5. The zero-order valence-electron chi connectivity index (χ0n) is 9.99. The highest BCUT2D eigenvalue weighted by Gasteiger charge is 2.07. The van der Waals surface area contributed by atoms with E-state index in [1.165, 1.54) is 0 Å². The summed E-state index contributed by atoms with van der Waals surface area (Å²) in [5, 5.41) is 5.46. The van der Waals surface area contributed by atoms with Crippen LogP contribution in [0.15, 0.2) is 53.1 Å². The van der Waals surface area contributed by atoms with Crippen LogP contribution < -0.4 is 5.32 Å². The van der Waals surface area contributed by atoms with Crippen LogP contribution in [0.1, 0.15) is 5.56 Å². The molecule has 3 aromatic rings. The fraction of sp³-hybridized carbons (Fsp3) is 0.0667. The Bertz CT molecular complexity index is 721. The minimum absolute atomic E-state index is 0.539. The molecule has 0 fully saturated rings. The Balaban J connectivity index is 1.84. The quantitative estimate of drug-likeness (QED) is 0.703. The van der Waals surface area contributed by atoms with E-state index in [1.807, 2.05) is 36.4 Å². The lowest BCUT2D eigenvalue weighted by Gasteiger charge is -2.08. The van der Waals surface area contributed by atoms with Gasteiger partial charge in [-0.25, -0.2) is 0 Å². The number of para-hydroxylation sites is 1. The first kappa shape index (κ1) is 12.4. The summed E-state index contributed by atoms with van der Waals surface area (Å²) in [5.41, 5.74) is 2.79. The minimum Gasteiger partial charge on any atom is -0.464 e. The van der Waals surface area contributed by atoms with Crippen molar-refractivity contribution >= 4 is 39.9 Å². The lowest BCUT2D eigenvalue weighted by atomic mass is 10.2. The molecule has 0 unspecified atom stereocenters. The summed E-state index contributed by atoms with van der Waals surface area (Å²) < 4.78 is 5.49. The third-order valence-electron chi connectivity index (χ3n) is 2.98. The van der Waals surface area contributed by atoms with E-state index in [4.69, 9.17) is 27.6 Å². The van der Waals surface area contributed by atoms with Gasteiger partial charge in [0.1, 0.15) is 5.58 Å². The molecule has 1 N–H and O–H groups in total. The van der Waals surface area contributed by atoms with Gasteiger partial charge in [-0.2, -0.15) is 0 Å². The molecule has 96 valence electrons. The first-order chi connectivity index (χ1) is 9.25. The number of hydrogen-bond acceptors (Lipinski definition) is 2. The molecule has 2 aromatic carbocycles. The molecule has 0 aliphatic heterocycles. The van der Waals surface area contributed by atoms with Crippen molar-refractivity contribution < 1.29 is 4.42 Å². The van der Waals surface area contributed by atoms with Crippen LogP contribution in [-0.4, -0.2) is 0 Å². The summed E-state index contributed by atoms with van der Waals surface area (Å²) in [6, 6.07) is 13.5. The molecule has 0 aliphatic rings. The predicted octanol–water partition coefficient (Wildman–Crippen LogP) is 5.35. The van der Waals surface area contributed by atoms with Crippen LogP contribution in [0.4, 0.5) is 5.69 Å². The van der Waals surface area contributed by atoms with Crippen molar-refractivity contribution in [2.24, 2.45) is 0 Å². The Kier molecular flexibility index (Phi) is 3.36. The van der Waals surface area contributed by atoms with Gasteiger partial charge in [0.25, 0.3) is 0 Å². The van der Waals surface area contributed by atoms with E-state index in [1.54, 1.807) is 12.3 Å². The van der Waals surface area contributed by atoms with Crippen molar-refractivity contribution in [2.45, 2.75) is 6.54 Å². The van der Waals surface area contributed by atoms with E-state index in [2.05, 4.69) is 5.32 Å². The summed E-state index contributed by atoms with van der Waals surface area (Å²) in [4.78, 5) is 0. The van der Waals surface area contributed by atoms with E-state index in [-0.39, 0.29) is 0 Å². The van der Waals surface area contributed by atoms with Gasteiger partial charge in [0.2, 0.25) is 0 Å². The number of halogens is 2. The van der Waals surface area contributed by atoms with E-state index >= 15 is 0 Å². The molecular formula is C15H11Cl2NO. The highest BCUT2D eigenvalue weighted by Crippen LogP contribution is 2.30. The van der Waals surface area contributed by atoms with Crippen LogP contribution in [0.3, 0.4) is 0 Å². The fourth-order valence-corrected chi connectivity index (χ4v) is 2.37. The smallest absolute Gasteiger partial charge is 0.134 e. The summed E-state index contributed by atoms with van der Waals surface area (Å²) in [5.74, 6) is 0. The summed E-state index contributed by atoms with van der Waals surface area (Å²) in [6.45, 7) is 0.636. The number of rotatable bonds is 3. The second kappa shape index (κ2) is 5.16. The van der Waals surface area contributed by atoms with Crippen LogP contribution in [-0.2, 0) is 6.54 Å². The van der Waals surface area contributed by atoms with Crippen molar-refractivity contribution in [3.63, 3.8) is 0 Å². The van der Waals surface area contributed by atoms with Crippen LogP contribution in [0.5, 0.6) is 0 Å². The van der Waals surface area contributed by atoms with Gasteiger partial charge < -0.3 is 9.73 Å². The largest absolute Gasteiger partial charge is 0.464 e. The summed E-state index contributed by atoms with van der Waals surface area (Å²) in [6.07, 6.45) is 1.76. The standard InChI is InChI=1S/C15H11Cl2NO/c16-12-5-3-6-13(15(12)17)18-8-10-9-19-14-7-2-1-4-11(10)14/h1-7,9,18H,8H2. The number of nitrogens with one attached hydrogen (secondary N) is 1. The maximum Gasteiger partial charge on any atom is 0.134 e. The summed E-state index contributed by atoms with van der Waals surface area (Å²) in [7, 11) is 0. The first-order valence-electron chi connectivity index (χ1n) is 5.88. The molecule has 0 amide bonds. The van der Waals surface area contributed by atoms with Crippen molar-refractivity contribution in [1.29, 1.82) is 0 Å². The average Bonchev–Trinajstić information content (AvgIpc) is 2.84. The Morgan fingerprint density at radius 1 is 1.00 bits per heavy atom. The van der Waals surface area contributed by atoms with E-state index in [9.17, 15) is 0 Å². The van der Waals surface area contributed by atoms with Crippen molar-refractivity contribution in [3.05, 3.63) is 64.3 Å². The van der Waals surface area contributed by atoms with Gasteiger partial charge in [-0.1, -0.05) is 47.5 Å². The maximum atomic E-state index is 6.13. The second-order valence-corrected chi connectivity index (χ2v) is 5.00. The molecule has 0 bridgehead atoms. The lowest BCUT2D eigenvalue weighted by molar-refractivity contribution is 0.611. The predicted molar refractivity (Wildman–Crippen MR) is 80.0 cm³/mol. The molecule has 0 aliphatic carbocycles. The molecule has 0 atom stereocenters. The third kappa shape index (κ3) is 2.42. The molecule has 0 saturated heterocycles. The number of benzene rings is 2. The topological polar surface area (TPSA) is 25.2 Å². The molecule has 0 radical (unpaired) electrons. The Morgan fingerprint density at radius 2 is 1.84 bits per heavy atom. The monoisotopic (exact) mass is 291 g/mol. The molecular weight excluding hydrogens is 281 g/mol. The van der Waals surface area contributed by atoms with Gasteiger partial charge in [0, 0.05) is 17.5 Å². The van der Waals surface area contributed by atoms with Gasteiger partial charge in [0.05, 0.1) is 22.0 Å². The maximum absolute atomic E-state index is 6.13. The number of hydrogen-bond donors (Lipinski definition) is 1. The normalized spacial score (nSPS) is 10.8. The minimum atomic E-state index is 0.539. The number of furan rings is 1. The molecule has 1 heterocycles. The van der Waals surface area contributed by atoms with Gasteiger partial charge in [0.15, 0.2) is 0 Å². The number of anilines is 1. The SMILES string of the molecule is Clc1cccc(NCc2coc3ccccc23)c1Cl. The fourth-order valence-electron chi connectivity index (χ4n) is 2.00. The molecule has 1 aromatic heterocycles. The Morgan fingerprint density at radius 3 is 2.74 bits per heavy atom. The van der Waals surface area contributed by atoms with Gasteiger partial charge in [-0.3, -0.25) is 0 Å². The van der Waals surface area contributed by atoms with Gasteiger partial charge in [-0.05, 0) is 18.2 Å². The van der Waals surface area contributed by atoms with Gasteiger partial charge in [-0.15, -0.1) is 0 Å². The molecule has 4 heteroatoms. The number of fused-ring (bicyclic) bond motifs is 1. The third-order valence-corrected chi connectivity index (χ3v) is 3.80. The zero-order chi connectivity index (χ0) is 13.2. The van der Waals surface area contributed by atoms with E-state index in [0.29, 0.717) is 16.6 Å². The second-order valence-electron chi connectivity index (χ2n) is 4.21. The van der Waals surface area contributed by atoms with E-state index < -0.39 is 0 Å². The molecule has 19 heavy (non-hydrogen) atoms. The van der Waals surface area contributed by atoms with Crippen molar-refractivity contribution in [1.82, 2.24) is 0 Å². The highest BCUT2D eigenvalue weighted by molar-refractivity contribution is 6.43. The Hall–Kier alpha value is -1.64. The van der Waals surface area contributed by atoms with Crippen molar-refractivity contribution in [2.75, 3.05) is 5.32 Å². The summed E-state index contributed by atoms with van der Waals surface area (Å²) >= 11 is 12.1. The van der Waals surface area contributed by atoms with Crippen LogP contribution in [0.2, 0.25) is 10.0 Å². The average molecular weight is 292 g/mol. The van der Waals surface area contributed by atoms with Crippen LogP contribution >= 0.6 is 23.2 Å². The lowest BCUT2D eigenvalue weighted by Crippen LogP contribution is -1.99. The molecule has 3 rings (SSSR count). The van der Waals surface area contributed by atoms with Gasteiger partial charge >= 0.3 is 0 Å². The Labute approximate surface area is 120 Å². The van der Waals surface area contributed by atoms with Crippen LogP contribution in [0.25, 0.3) is 11.0 Å². The first-order valence-corrected chi connectivity index (χ1v) is 6.64. The molecule has 0 saturated carbocycles. The van der Waals surface area contributed by atoms with Crippen molar-refractivity contribution in [3.8, 4) is 0 Å². The van der Waals surface area contributed by atoms with Crippen LogP contribution in [0, 0.1) is 0 Å². The molecule has 2 nitrogen and oxygen atoms in total. The highest BCUT2D eigenvalue weighted by atomic mass is 35.5. The van der Waals surface area contributed by atoms with E-state index in [0.717, 1.165) is 22.2 Å².